The summed E-state index contributed by atoms with van der Waals surface area (Å²) in [6.07, 6.45) is 5.66. The Balaban J connectivity index is 1.84. The van der Waals surface area contributed by atoms with Crippen LogP contribution in [0.3, 0.4) is 0 Å². The van der Waals surface area contributed by atoms with Crippen molar-refractivity contribution in [3.8, 4) is 17.2 Å². The van der Waals surface area contributed by atoms with Crippen molar-refractivity contribution < 1.29 is 23.8 Å². The van der Waals surface area contributed by atoms with Gasteiger partial charge in [-0.3, -0.25) is 9.59 Å². The fourth-order valence-electron chi connectivity index (χ4n) is 4.03. The first-order chi connectivity index (χ1) is 15.4. The number of carbonyl (C=O) groups excluding carboxylic acids is 2. The molecule has 1 fully saturated rings. The number of nitrogens with zero attached hydrogens (tertiary/aromatic N) is 2. The number of carbonyl (C=O) groups is 2. The molecule has 0 bridgehead atoms. The lowest BCUT2D eigenvalue weighted by Gasteiger charge is -2.29. The van der Waals surface area contributed by atoms with E-state index in [0.29, 0.717) is 40.4 Å². The molecule has 32 heavy (non-hydrogen) atoms. The highest BCUT2D eigenvalue weighted by Gasteiger charge is 2.26. The molecule has 1 aromatic heterocycles. The number of ether oxygens (including phenoxy) is 3. The minimum atomic E-state index is -0.268. The highest BCUT2D eigenvalue weighted by Crippen LogP contribution is 2.38. The van der Waals surface area contributed by atoms with Crippen molar-refractivity contribution in [3.05, 3.63) is 28.8 Å². The predicted molar refractivity (Wildman–Crippen MR) is 124 cm³/mol. The van der Waals surface area contributed by atoms with Gasteiger partial charge in [0.15, 0.2) is 16.6 Å². The zero-order valence-corrected chi connectivity index (χ0v) is 19.9. The first-order valence-electron chi connectivity index (χ1n) is 10.8. The number of anilines is 1. The van der Waals surface area contributed by atoms with E-state index in [1.54, 1.807) is 17.0 Å². The Kier molecular flexibility index (Phi) is 8.33. The van der Waals surface area contributed by atoms with Gasteiger partial charge in [-0.05, 0) is 37.8 Å². The van der Waals surface area contributed by atoms with Gasteiger partial charge in [-0.15, -0.1) is 11.3 Å². The molecule has 1 aromatic carbocycles. The second-order valence-electron chi connectivity index (χ2n) is 7.95. The van der Waals surface area contributed by atoms with Crippen LogP contribution in [-0.2, 0) is 4.79 Å². The Hall–Kier alpha value is -2.81. The average molecular weight is 462 g/mol. The standard InChI is InChI=1S/C23H31N3O5S/c1-15-14-32-23(24-15)25-20(27)13-26(12-16-8-6-5-7-9-16)22(28)17-10-18(29-2)21(31-4)19(11-17)30-3/h10-11,14,16H,5-9,12-13H2,1-4H3,(H,24,25,27). The van der Waals surface area contributed by atoms with Gasteiger partial charge < -0.3 is 24.4 Å². The quantitative estimate of drug-likeness (QED) is 0.604. The molecule has 3 rings (SSSR count). The number of methoxy groups -OCH3 is 3. The van der Waals surface area contributed by atoms with Crippen molar-refractivity contribution in [1.29, 1.82) is 0 Å². The zero-order chi connectivity index (χ0) is 23.1. The van der Waals surface area contributed by atoms with Crippen LogP contribution >= 0.6 is 11.3 Å². The van der Waals surface area contributed by atoms with Crippen LogP contribution in [-0.4, -0.2) is 56.1 Å². The van der Waals surface area contributed by atoms with Gasteiger partial charge in [0.1, 0.15) is 6.54 Å². The number of hydrogen-bond donors (Lipinski definition) is 1. The van der Waals surface area contributed by atoms with Gasteiger partial charge in [-0.25, -0.2) is 4.98 Å². The third-order valence-electron chi connectivity index (χ3n) is 5.60. The molecule has 174 valence electrons. The molecule has 0 unspecified atom stereocenters. The molecule has 0 radical (unpaired) electrons. The highest BCUT2D eigenvalue weighted by atomic mass is 32.1. The van der Waals surface area contributed by atoms with Gasteiger partial charge >= 0.3 is 0 Å². The maximum Gasteiger partial charge on any atom is 0.254 e. The number of hydrogen-bond acceptors (Lipinski definition) is 7. The molecule has 8 nitrogen and oxygen atoms in total. The minimum Gasteiger partial charge on any atom is -0.493 e. The van der Waals surface area contributed by atoms with E-state index in [1.807, 2.05) is 12.3 Å². The van der Waals surface area contributed by atoms with Crippen molar-refractivity contribution in [3.63, 3.8) is 0 Å². The molecule has 2 aromatic rings. The minimum absolute atomic E-state index is 0.0510. The summed E-state index contributed by atoms with van der Waals surface area (Å²) in [5.41, 5.74) is 1.23. The average Bonchev–Trinajstić information content (AvgIpc) is 3.21. The summed E-state index contributed by atoms with van der Waals surface area (Å²) in [5, 5.41) is 5.21. The van der Waals surface area contributed by atoms with E-state index in [4.69, 9.17) is 14.2 Å². The lowest BCUT2D eigenvalue weighted by Crippen LogP contribution is -2.41. The molecular weight excluding hydrogens is 430 g/mol. The lowest BCUT2D eigenvalue weighted by atomic mass is 9.89. The van der Waals surface area contributed by atoms with Crippen LogP contribution in [0.2, 0.25) is 0 Å². The normalized spacial score (nSPS) is 14.0. The van der Waals surface area contributed by atoms with Crippen LogP contribution in [0.25, 0.3) is 0 Å². The van der Waals surface area contributed by atoms with Gasteiger partial charge in [-0.1, -0.05) is 19.3 Å². The monoisotopic (exact) mass is 461 g/mol. The van der Waals surface area contributed by atoms with Gasteiger partial charge in [0, 0.05) is 17.5 Å². The molecule has 1 N–H and O–H groups in total. The molecule has 0 aliphatic heterocycles. The lowest BCUT2D eigenvalue weighted by molar-refractivity contribution is -0.117. The molecule has 9 heteroatoms. The van der Waals surface area contributed by atoms with Crippen molar-refractivity contribution >= 4 is 28.3 Å². The first kappa shape index (κ1) is 23.8. The van der Waals surface area contributed by atoms with Crippen LogP contribution in [0.5, 0.6) is 17.2 Å². The van der Waals surface area contributed by atoms with E-state index < -0.39 is 0 Å². The summed E-state index contributed by atoms with van der Waals surface area (Å²) in [5.74, 6) is 1.08. The van der Waals surface area contributed by atoms with Gasteiger partial charge in [0.25, 0.3) is 5.91 Å². The topological polar surface area (TPSA) is 90.0 Å². The molecule has 0 saturated heterocycles. The van der Waals surface area contributed by atoms with E-state index in [0.717, 1.165) is 31.4 Å². The van der Waals surface area contributed by atoms with Crippen LogP contribution in [0.1, 0.15) is 48.2 Å². The maximum atomic E-state index is 13.5. The summed E-state index contributed by atoms with van der Waals surface area (Å²) in [6.45, 7) is 2.35. The fourth-order valence-corrected chi connectivity index (χ4v) is 4.74. The second-order valence-corrected chi connectivity index (χ2v) is 8.80. The SMILES string of the molecule is COc1cc(C(=O)N(CC(=O)Nc2nc(C)cs2)CC2CCCCC2)cc(OC)c1OC. The Morgan fingerprint density at radius 2 is 1.75 bits per heavy atom. The largest absolute Gasteiger partial charge is 0.493 e. The zero-order valence-electron chi connectivity index (χ0n) is 19.1. The molecule has 0 spiro atoms. The number of rotatable bonds is 9. The van der Waals surface area contributed by atoms with E-state index in [1.165, 1.54) is 39.1 Å². The number of thiazole rings is 1. The number of amides is 2. The predicted octanol–water partition coefficient (Wildman–Crippen LogP) is 4.14. The molecule has 1 aliphatic rings. The summed E-state index contributed by atoms with van der Waals surface area (Å²) >= 11 is 1.37. The van der Waals surface area contributed by atoms with Gasteiger partial charge in [-0.2, -0.15) is 0 Å². The van der Waals surface area contributed by atoms with E-state index in [-0.39, 0.29) is 18.4 Å². The first-order valence-corrected chi connectivity index (χ1v) is 11.6. The molecule has 1 aliphatic carbocycles. The second kappa shape index (κ2) is 11.2. The smallest absolute Gasteiger partial charge is 0.254 e. The molecule has 2 amide bonds. The van der Waals surface area contributed by atoms with Crippen LogP contribution in [0.4, 0.5) is 5.13 Å². The van der Waals surface area contributed by atoms with Crippen LogP contribution in [0.15, 0.2) is 17.5 Å². The summed E-state index contributed by atoms with van der Waals surface area (Å²) < 4.78 is 16.2. The molecule has 1 saturated carbocycles. The Morgan fingerprint density at radius 1 is 1.09 bits per heavy atom. The van der Waals surface area contributed by atoms with Gasteiger partial charge in [0.05, 0.1) is 27.0 Å². The molecule has 1 heterocycles. The van der Waals surface area contributed by atoms with Crippen molar-refractivity contribution in [2.24, 2.45) is 5.92 Å². The number of benzene rings is 1. The van der Waals surface area contributed by atoms with Crippen molar-refractivity contribution in [1.82, 2.24) is 9.88 Å². The maximum absolute atomic E-state index is 13.5. The Morgan fingerprint density at radius 3 is 2.28 bits per heavy atom. The van der Waals surface area contributed by atoms with E-state index >= 15 is 0 Å². The fraction of sp³-hybridized carbons (Fsp3) is 0.522. The Labute approximate surface area is 192 Å². The third kappa shape index (κ3) is 5.91. The van der Waals surface area contributed by atoms with Gasteiger partial charge in [0.2, 0.25) is 11.7 Å². The summed E-state index contributed by atoms with van der Waals surface area (Å²) in [4.78, 5) is 32.2. The number of aromatic nitrogens is 1. The summed E-state index contributed by atoms with van der Waals surface area (Å²) in [7, 11) is 4.53. The van der Waals surface area contributed by atoms with Crippen LogP contribution in [0, 0.1) is 12.8 Å². The van der Waals surface area contributed by atoms with Crippen molar-refractivity contribution in [2.75, 3.05) is 39.7 Å². The van der Waals surface area contributed by atoms with Crippen molar-refractivity contribution in [2.45, 2.75) is 39.0 Å². The third-order valence-corrected chi connectivity index (χ3v) is 6.48. The number of nitrogens with one attached hydrogen (secondary N) is 1. The number of aryl methyl sites for hydroxylation is 1. The molecule has 0 atom stereocenters. The highest BCUT2D eigenvalue weighted by molar-refractivity contribution is 7.13. The van der Waals surface area contributed by atoms with E-state index in [2.05, 4.69) is 10.3 Å². The van der Waals surface area contributed by atoms with E-state index in [9.17, 15) is 9.59 Å². The Bertz CT molecular complexity index is 914. The van der Waals surface area contributed by atoms with Crippen LogP contribution < -0.4 is 19.5 Å². The molecular formula is C23H31N3O5S. The summed E-state index contributed by atoms with van der Waals surface area (Å²) in [6, 6.07) is 3.25.